The molecule has 172 valence electrons. The van der Waals surface area contributed by atoms with Crippen molar-refractivity contribution in [1.82, 2.24) is 19.9 Å². The summed E-state index contributed by atoms with van der Waals surface area (Å²) in [5.41, 5.74) is 3.49. The Kier molecular flexibility index (Phi) is 6.39. The molecule has 0 unspecified atom stereocenters. The highest BCUT2D eigenvalue weighted by molar-refractivity contribution is 5.75. The van der Waals surface area contributed by atoms with Crippen LogP contribution in [0.4, 0.5) is 4.79 Å². The molecular formula is C26H30N4O3. The Bertz CT molecular complexity index is 1060. The summed E-state index contributed by atoms with van der Waals surface area (Å²) in [6, 6.07) is 18.7. The van der Waals surface area contributed by atoms with Crippen LogP contribution in [-0.2, 0) is 11.2 Å². The highest BCUT2D eigenvalue weighted by Crippen LogP contribution is 2.36. The van der Waals surface area contributed by atoms with E-state index in [9.17, 15) is 4.79 Å². The average Bonchev–Trinajstić information content (AvgIpc) is 3.40. The lowest BCUT2D eigenvalue weighted by atomic mass is 9.84. The fourth-order valence-corrected chi connectivity index (χ4v) is 4.76. The SMILES string of the molecule is CCc1ccc([C@@H]2C[C@H](c3nc(-c4ccccc4)no3)CN(C(=O)N3CCOCC3)C2)cc1. The summed E-state index contributed by atoms with van der Waals surface area (Å²) in [5, 5.41) is 4.23. The molecule has 7 nitrogen and oxygen atoms in total. The molecule has 2 aromatic carbocycles. The van der Waals surface area contributed by atoms with Crippen LogP contribution in [-0.4, -0.2) is 65.4 Å². The van der Waals surface area contributed by atoms with E-state index in [4.69, 9.17) is 14.2 Å². The largest absolute Gasteiger partial charge is 0.378 e. The van der Waals surface area contributed by atoms with Gasteiger partial charge in [0.15, 0.2) is 0 Å². The molecule has 2 saturated heterocycles. The highest BCUT2D eigenvalue weighted by atomic mass is 16.5. The number of nitrogens with zero attached hydrogens (tertiary/aromatic N) is 4. The molecule has 0 aliphatic carbocycles. The topological polar surface area (TPSA) is 71.7 Å². The summed E-state index contributed by atoms with van der Waals surface area (Å²) in [7, 11) is 0. The van der Waals surface area contributed by atoms with Crippen molar-refractivity contribution in [1.29, 1.82) is 0 Å². The van der Waals surface area contributed by atoms with Crippen LogP contribution in [0.5, 0.6) is 0 Å². The summed E-state index contributed by atoms with van der Waals surface area (Å²) >= 11 is 0. The van der Waals surface area contributed by atoms with Crippen LogP contribution in [0.3, 0.4) is 0 Å². The minimum absolute atomic E-state index is 0.00967. The fraction of sp³-hybridized carbons (Fsp3) is 0.423. The molecule has 0 bridgehead atoms. The minimum atomic E-state index is -0.00967. The molecular weight excluding hydrogens is 416 g/mol. The number of amides is 2. The molecule has 7 heteroatoms. The predicted molar refractivity (Wildman–Crippen MR) is 125 cm³/mol. The van der Waals surface area contributed by atoms with Gasteiger partial charge in [0.25, 0.3) is 0 Å². The summed E-state index contributed by atoms with van der Waals surface area (Å²) in [6.07, 6.45) is 1.88. The van der Waals surface area contributed by atoms with Gasteiger partial charge < -0.3 is 19.1 Å². The van der Waals surface area contributed by atoms with E-state index in [0.29, 0.717) is 51.1 Å². The van der Waals surface area contributed by atoms with Crippen molar-refractivity contribution in [2.75, 3.05) is 39.4 Å². The number of urea groups is 1. The van der Waals surface area contributed by atoms with Gasteiger partial charge in [-0.2, -0.15) is 4.98 Å². The van der Waals surface area contributed by atoms with Crippen LogP contribution >= 0.6 is 0 Å². The monoisotopic (exact) mass is 446 g/mol. The van der Waals surface area contributed by atoms with Crippen molar-refractivity contribution in [2.24, 2.45) is 0 Å². The Balaban J connectivity index is 1.41. The maximum absolute atomic E-state index is 13.4. The first-order valence-electron chi connectivity index (χ1n) is 11.8. The van der Waals surface area contributed by atoms with Crippen LogP contribution in [0.1, 0.15) is 42.2 Å². The van der Waals surface area contributed by atoms with Crippen molar-refractivity contribution in [3.8, 4) is 11.4 Å². The number of aromatic nitrogens is 2. The number of carbonyl (C=O) groups excluding carboxylic acids is 1. The normalized spacial score (nSPS) is 21.2. The van der Waals surface area contributed by atoms with Crippen molar-refractivity contribution < 1.29 is 14.1 Å². The predicted octanol–water partition coefficient (Wildman–Crippen LogP) is 4.32. The van der Waals surface area contributed by atoms with Gasteiger partial charge >= 0.3 is 6.03 Å². The minimum Gasteiger partial charge on any atom is -0.378 e. The van der Waals surface area contributed by atoms with Crippen molar-refractivity contribution in [2.45, 2.75) is 31.6 Å². The molecule has 2 aliphatic rings. The number of aryl methyl sites for hydroxylation is 1. The van der Waals surface area contributed by atoms with E-state index in [1.807, 2.05) is 40.1 Å². The number of carbonyl (C=O) groups is 1. The third-order valence-corrected chi connectivity index (χ3v) is 6.69. The molecule has 3 aromatic rings. The summed E-state index contributed by atoms with van der Waals surface area (Å²) in [5.74, 6) is 1.39. The molecule has 2 aliphatic heterocycles. The second-order valence-corrected chi connectivity index (χ2v) is 8.83. The third kappa shape index (κ3) is 4.78. The van der Waals surface area contributed by atoms with Gasteiger partial charge in [-0.25, -0.2) is 4.79 Å². The standard InChI is InChI=1S/C26H30N4O3/c1-2-19-8-10-20(11-9-19)22-16-23(18-30(17-22)26(31)29-12-14-32-15-13-29)25-27-24(28-33-25)21-6-4-3-5-7-21/h3-11,22-23H,2,12-18H2,1H3/t22-,23+/m1/s1. The number of hydrogen-bond donors (Lipinski definition) is 0. The van der Waals surface area contributed by atoms with Crippen molar-refractivity contribution >= 4 is 6.03 Å². The molecule has 33 heavy (non-hydrogen) atoms. The van der Waals surface area contributed by atoms with Crippen LogP contribution in [0.25, 0.3) is 11.4 Å². The molecule has 0 saturated carbocycles. The fourth-order valence-electron chi connectivity index (χ4n) is 4.76. The van der Waals surface area contributed by atoms with E-state index in [-0.39, 0.29) is 17.9 Å². The number of likely N-dealkylation sites (tertiary alicyclic amines) is 1. The maximum Gasteiger partial charge on any atom is 0.320 e. The summed E-state index contributed by atoms with van der Waals surface area (Å²) in [6.45, 7) is 5.88. The number of benzene rings is 2. The third-order valence-electron chi connectivity index (χ3n) is 6.69. The first-order valence-corrected chi connectivity index (χ1v) is 11.8. The van der Waals surface area contributed by atoms with Gasteiger partial charge in [0.2, 0.25) is 11.7 Å². The smallest absolute Gasteiger partial charge is 0.320 e. The summed E-state index contributed by atoms with van der Waals surface area (Å²) < 4.78 is 11.2. The van der Waals surface area contributed by atoms with E-state index in [0.717, 1.165) is 18.4 Å². The summed E-state index contributed by atoms with van der Waals surface area (Å²) in [4.78, 5) is 21.9. The van der Waals surface area contributed by atoms with Crippen molar-refractivity contribution in [3.63, 3.8) is 0 Å². The molecule has 0 spiro atoms. The van der Waals surface area contributed by atoms with Crippen LogP contribution < -0.4 is 0 Å². The Hall–Kier alpha value is -3.19. The number of hydrogen-bond acceptors (Lipinski definition) is 5. The zero-order valence-electron chi connectivity index (χ0n) is 19.0. The molecule has 0 N–H and O–H groups in total. The van der Waals surface area contributed by atoms with E-state index in [1.165, 1.54) is 11.1 Å². The first-order chi connectivity index (χ1) is 16.2. The molecule has 2 amide bonds. The van der Waals surface area contributed by atoms with Gasteiger partial charge in [-0.3, -0.25) is 0 Å². The zero-order valence-corrected chi connectivity index (χ0v) is 19.0. The Labute approximate surface area is 194 Å². The molecule has 0 radical (unpaired) electrons. The lowest BCUT2D eigenvalue weighted by molar-refractivity contribution is 0.0392. The second kappa shape index (κ2) is 9.75. The second-order valence-electron chi connectivity index (χ2n) is 8.83. The number of piperidine rings is 1. The molecule has 2 atom stereocenters. The van der Waals surface area contributed by atoms with E-state index in [1.54, 1.807) is 0 Å². The van der Waals surface area contributed by atoms with Crippen LogP contribution in [0, 0.1) is 0 Å². The van der Waals surface area contributed by atoms with Crippen molar-refractivity contribution in [3.05, 3.63) is 71.6 Å². The number of ether oxygens (including phenoxy) is 1. The van der Waals surface area contributed by atoms with Gasteiger partial charge in [-0.15, -0.1) is 0 Å². The molecule has 1 aromatic heterocycles. The first kappa shape index (κ1) is 21.6. The van der Waals surface area contributed by atoms with E-state index >= 15 is 0 Å². The Morgan fingerprint density at radius 1 is 0.970 bits per heavy atom. The quantitative estimate of drug-likeness (QED) is 0.597. The van der Waals surface area contributed by atoms with Gasteiger partial charge in [-0.05, 0) is 24.0 Å². The van der Waals surface area contributed by atoms with Gasteiger partial charge in [0, 0.05) is 37.7 Å². The van der Waals surface area contributed by atoms with Crippen LogP contribution in [0.2, 0.25) is 0 Å². The van der Waals surface area contributed by atoms with E-state index < -0.39 is 0 Å². The molecule has 5 rings (SSSR count). The highest BCUT2D eigenvalue weighted by Gasteiger charge is 2.36. The molecule has 2 fully saturated rings. The van der Waals surface area contributed by atoms with Gasteiger partial charge in [0.05, 0.1) is 19.1 Å². The molecule has 3 heterocycles. The van der Waals surface area contributed by atoms with Gasteiger partial charge in [0.1, 0.15) is 0 Å². The van der Waals surface area contributed by atoms with Crippen LogP contribution in [0.15, 0.2) is 59.1 Å². The number of morpholine rings is 1. The lowest BCUT2D eigenvalue weighted by Crippen LogP contribution is -2.52. The Morgan fingerprint density at radius 3 is 2.42 bits per heavy atom. The van der Waals surface area contributed by atoms with E-state index in [2.05, 4.69) is 36.3 Å². The number of rotatable bonds is 4. The maximum atomic E-state index is 13.4. The zero-order chi connectivity index (χ0) is 22.6. The lowest BCUT2D eigenvalue weighted by Gasteiger charge is -2.40. The Morgan fingerprint density at radius 2 is 1.70 bits per heavy atom. The average molecular weight is 447 g/mol. The van der Waals surface area contributed by atoms with Gasteiger partial charge in [-0.1, -0.05) is 66.7 Å².